The molecule has 4 rings (SSSR count). The lowest BCUT2D eigenvalue weighted by atomic mass is 9.71. The lowest BCUT2D eigenvalue weighted by Gasteiger charge is -2.32. The van der Waals surface area contributed by atoms with Crippen LogP contribution >= 0.6 is 0 Å². The zero-order valence-corrected chi connectivity index (χ0v) is 15.7. The van der Waals surface area contributed by atoms with E-state index >= 15 is 0 Å². The molecule has 0 amide bonds. The molecular formula is C27H22O. The maximum atomic E-state index is 12.7. The van der Waals surface area contributed by atoms with Crippen molar-refractivity contribution in [3.05, 3.63) is 138 Å². The Labute approximate surface area is 166 Å². The highest BCUT2D eigenvalue weighted by molar-refractivity contribution is 6.04. The molecule has 0 bridgehead atoms. The van der Waals surface area contributed by atoms with Crippen LogP contribution in [0.25, 0.3) is 5.57 Å². The first-order chi connectivity index (χ1) is 13.8. The second kappa shape index (κ2) is 8.06. The molecule has 1 aliphatic carbocycles. The van der Waals surface area contributed by atoms with Gasteiger partial charge >= 0.3 is 0 Å². The molecule has 1 unspecified atom stereocenters. The quantitative estimate of drug-likeness (QED) is 0.379. The lowest BCUT2D eigenvalue weighted by Crippen LogP contribution is -2.23. The van der Waals surface area contributed by atoms with Crippen molar-refractivity contribution in [3.63, 3.8) is 0 Å². The van der Waals surface area contributed by atoms with Crippen molar-refractivity contribution < 1.29 is 4.79 Å². The maximum Gasteiger partial charge on any atom is 0.185 e. The van der Waals surface area contributed by atoms with Crippen LogP contribution in [-0.4, -0.2) is 5.78 Å². The van der Waals surface area contributed by atoms with E-state index in [-0.39, 0.29) is 11.2 Å². The Morgan fingerprint density at radius 2 is 1.39 bits per heavy atom. The van der Waals surface area contributed by atoms with Crippen LogP contribution in [0.5, 0.6) is 0 Å². The number of carbonyl (C=O) groups is 1. The van der Waals surface area contributed by atoms with Crippen molar-refractivity contribution in [2.75, 3.05) is 0 Å². The van der Waals surface area contributed by atoms with Crippen LogP contribution in [0.3, 0.4) is 0 Å². The molecule has 3 aromatic rings. The van der Waals surface area contributed by atoms with Crippen molar-refractivity contribution in [1.82, 2.24) is 0 Å². The van der Waals surface area contributed by atoms with Crippen LogP contribution in [-0.2, 0) is 5.41 Å². The molecule has 136 valence electrons. The van der Waals surface area contributed by atoms with Crippen molar-refractivity contribution in [2.24, 2.45) is 0 Å². The van der Waals surface area contributed by atoms with Crippen LogP contribution in [0.4, 0.5) is 0 Å². The molecule has 0 aliphatic heterocycles. The molecule has 0 radical (unpaired) electrons. The molecule has 1 heteroatoms. The Balaban J connectivity index is 1.71. The van der Waals surface area contributed by atoms with E-state index in [1.807, 2.05) is 42.5 Å². The molecule has 0 saturated carbocycles. The fourth-order valence-electron chi connectivity index (χ4n) is 3.70. The summed E-state index contributed by atoms with van der Waals surface area (Å²) in [7, 11) is 0. The first-order valence-electron chi connectivity index (χ1n) is 9.55. The van der Waals surface area contributed by atoms with Crippen molar-refractivity contribution in [1.29, 1.82) is 0 Å². The minimum atomic E-state index is -0.342. The average Bonchev–Trinajstić information content (AvgIpc) is 2.79. The summed E-state index contributed by atoms with van der Waals surface area (Å²) in [5.41, 5.74) is 4.04. The van der Waals surface area contributed by atoms with Crippen LogP contribution in [0.15, 0.2) is 121 Å². The van der Waals surface area contributed by atoms with Gasteiger partial charge in [0.2, 0.25) is 0 Å². The Bertz CT molecular complexity index is 1030. The van der Waals surface area contributed by atoms with Gasteiger partial charge in [0.1, 0.15) is 0 Å². The fourth-order valence-corrected chi connectivity index (χ4v) is 3.70. The van der Waals surface area contributed by atoms with E-state index < -0.39 is 0 Å². The van der Waals surface area contributed by atoms with E-state index in [4.69, 9.17) is 0 Å². The highest BCUT2D eigenvalue weighted by Crippen LogP contribution is 2.40. The Morgan fingerprint density at radius 1 is 0.786 bits per heavy atom. The molecule has 1 atom stereocenters. The van der Waals surface area contributed by atoms with E-state index in [9.17, 15) is 4.79 Å². The summed E-state index contributed by atoms with van der Waals surface area (Å²) in [5.74, 6) is 0.0279. The SMILES string of the molecule is O=C(C=CC1(c2ccccc2)C=CC=C(c2ccccc2)C1)c1ccccc1. The van der Waals surface area contributed by atoms with Gasteiger partial charge < -0.3 is 0 Å². The molecule has 1 nitrogen and oxygen atoms in total. The fraction of sp³-hybridized carbons (Fsp3) is 0.0741. The molecule has 0 heterocycles. The maximum absolute atomic E-state index is 12.7. The Morgan fingerprint density at radius 3 is 2.07 bits per heavy atom. The van der Waals surface area contributed by atoms with E-state index in [0.717, 1.165) is 6.42 Å². The van der Waals surface area contributed by atoms with Gasteiger partial charge in [-0.3, -0.25) is 4.79 Å². The highest BCUT2D eigenvalue weighted by Gasteiger charge is 2.30. The summed E-state index contributed by atoms with van der Waals surface area (Å²) in [6, 6.07) is 30.3. The minimum Gasteiger partial charge on any atom is -0.289 e. The van der Waals surface area contributed by atoms with Gasteiger partial charge in [0.05, 0.1) is 0 Å². The molecule has 0 aromatic heterocycles. The topological polar surface area (TPSA) is 17.1 Å². The van der Waals surface area contributed by atoms with Gasteiger partial charge in [-0.05, 0) is 29.2 Å². The second-order valence-electron chi connectivity index (χ2n) is 7.06. The van der Waals surface area contributed by atoms with Gasteiger partial charge in [-0.25, -0.2) is 0 Å². The zero-order valence-electron chi connectivity index (χ0n) is 15.7. The molecule has 0 spiro atoms. The van der Waals surface area contributed by atoms with Crippen LogP contribution in [0, 0.1) is 0 Å². The van der Waals surface area contributed by atoms with Crippen LogP contribution < -0.4 is 0 Å². The van der Waals surface area contributed by atoms with Gasteiger partial charge in [-0.1, -0.05) is 115 Å². The third-order valence-corrected chi connectivity index (χ3v) is 5.22. The van der Waals surface area contributed by atoms with E-state index in [1.54, 1.807) is 6.08 Å². The number of benzene rings is 3. The monoisotopic (exact) mass is 362 g/mol. The third kappa shape index (κ3) is 3.79. The first kappa shape index (κ1) is 17.9. The standard InChI is InChI=1S/C27H22O/c28-26(23-13-6-2-7-14-23)18-20-27(25-16-8-3-9-17-25)19-10-15-24(21-27)22-11-4-1-5-12-22/h1-20H,21H2. The normalized spacial score (nSPS) is 18.8. The van der Waals surface area contributed by atoms with Gasteiger partial charge in [0, 0.05) is 11.0 Å². The summed E-state index contributed by atoms with van der Waals surface area (Å²) < 4.78 is 0. The van der Waals surface area contributed by atoms with E-state index in [2.05, 4.69) is 72.8 Å². The van der Waals surface area contributed by atoms with Gasteiger partial charge in [0.25, 0.3) is 0 Å². The van der Waals surface area contributed by atoms with Gasteiger partial charge in [0.15, 0.2) is 5.78 Å². The summed E-state index contributed by atoms with van der Waals surface area (Å²) >= 11 is 0. The Hall–Kier alpha value is -3.45. The predicted octanol–water partition coefficient (Wildman–Crippen LogP) is 6.41. The van der Waals surface area contributed by atoms with Crippen LogP contribution in [0.1, 0.15) is 27.9 Å². The number of hydrogen-bond acceptors (Lipinski definition) is 1. The largest absolute Gasteiger partial charge is 0.289 e. The number of carbonyl (C=O) groups excluding carboxylic acids is 1. The Kier molecular flexibility index (Phi) is 5.16. The smallest absolute Gasteiger partial charge is 0.185 e. The van der Waals surface area contributed by atoms with Crippen molar-refractivity contribution in [3.8, 4) is 0 Å². The lowest BCUT2D eigenvalue weighted by molar-refractivity contribution is 0.104. The molecule has 0 fully saturated rings. The molecular weight excluding hydrogens is 340 g/mol. The van der Waals surface area contributed by atoms with Crippen molar-refractivity contribution in [2.45, 2.75) is 11.8 Å². The highest BCUT2D eigenvalue weighted by atomic mass is 16.1. The number of rotatable bonds is 5. The molecule has 28 heavy (non-hydrogen) atoms. The van der Waals surface area contributed by atoms with Crippen LogP contribution in [0.2, 0.25) is 0 Å². The van der Waals surface area contributed by atoms with Gasteiger partial charge in [-0.2, -0.15) is 0 Å². The summed E-state index contributed by atoms with van der Waals surface area (Å²) in [4.78, 5) is 12.7. The second-order valence-corrected chi connectivity index (χ2v) is 7.06. The van der Waals surface area contributed by atoms with Crippen molar-refractivity contribution >= 4 is 11.4 Å². The first-order valence-corrected chi connectivity index (χ1v) is 9.55. The van der Waals surface area contributed by atoms with E-state index in [0.29, 0.717) is 5.56 Å². The summed E-state index contributed by atoms with van der Waals surface area (Å²) in [6.07, 6.45) is 11.1. The predicted molar refractivity (Wildman–Crippen MR) is 116 cm³/mol. The molecule has 0 N–H and O–H groups in total. The number of allylic oxidation sites excluding steroid dienone is 6. The molecule has 3 aromatic carbocycles. The summed E-state index contributed by atoms with van der Waals surface area (Å²) in [6.45, 7) is 0. The average molecular weight is 362 g/mol. The number of hydrogen-bond donors (Lipinski definition) is 0. The molecule has 0 saturated heterocycles. The van der Waals surface area contributed by atoms with E-state index in [1.165, 1.54) is 16.7 Å². The summed E-state index contributed by atoms with van der Waals surface area (Å²) in [5, 5.41) is 0. The minimum absolute atomic E-state index is 0.0279. The van der Waals surface area contributed by atoms with Gasteiger partial charge in [-0.15, -0.1) is 0 Å². The third-order valence-electron chi connectivity index (χ3n) is 5.22. The number of ketones is 1. The molecule has 1 aliphatic rings. The zero-order chi connectivity index (χ0) is 19.2.